The second kappa shape index (κ2) is 5.17. The van der Waals surface area contributed by atoms with Crippen molar-refractivity contribution >= 4 is 11.6 Å². The highest BCUT2D eigenvalue weighted by Crippen LogP contribution is 2.26. The summed E-state index contributed by atoms with van der Waals surface area (Å²) in [5.74, 6) is 0.105. The van der Waals surface area contributed by atoms with Crippen LogP contribution in [0.1, 0.15) is 13.3 Å². The number of hydrogen-bond donors (Lipinski definition) is 1. The first kappa shape index (κ1) is 11.3. The van der Waals surface area contributed by atoms with Crippen LogP contribution in [0.4, 0.5) is 4.39 Å². The largest absolute Gasteiger partial charge is 0.488 e. The molecule has 0 aromatic heterocycles. The molecule has 0 aliphatic rings. The molecule has 1 unspecified atom stereocenters. The van der Waals surface area contributed by atoms with Gasteiger partial charge in [0, 0.05) is 6.54 Å². The van der Waals surface area contributed by atoms with Crippen LogP contribution in [-0.2, 0) is 0 Å². The molecular weight excluding hydrogens is 205 g/mol. The van der Waals surface area contributed by atoms with Gasteiger partial charge in [0.1, 0.15) is 17.7 Å². The molecule has 4 heteroatoms. The summed E-state index contributed by atoms with van der Waals surface area (Å²) < 4.78 is 18.2. The van der Waals surface area contributed by atoms with E-state index in [0.29, 0.717) is 12.3 Å². The lowest BCUT2D eigenvalue weighted by molar-refractivity contribution is 0.205. The Hall–Kier alpha value is -0.800. The first-order chi connectivity index (χ1) is 6.67. The topological polar surface area (TPSA) is 35.2 Å². The number of ether oxygens (including phenoxy) is 1. The third-order valence-corrected chi connectivity index (χ3v) is 2.20. The van der Waals surface area contributed by atoms with Crippen molar-refractivity contribution in [3.63, 3.8) is 0 Å². The molecule has 1 atom stereocenters. The lowest BCUT2D eigenvalue weighted by atomic mass is 10.2. The molecular formula is C10H13ClFNO. The van der Waals surface area contributed by atoms with E-state index in [1.54, 1.807) is 0 Å². The van der Waals surface area contributed by atoms with E-state index in [1.165, 1.54) is 18.2 Å². The lowest BCUT2D eigenvalue weighted by Gasteiger charge is -2.16. The van der Waals surface area contributed by atoms with Crippen molar-refractivity contribution in [2.45, 2.75) is 19.4 Å². The van der Waals surface area contributed by atoms with E-state index in [0.717, 1.165) is 6.42 Å². The van der Waals surface area contributed by atoms with Crippen molar-refractivity contribution in [2.24, 2.45) is 5.73 Å². The first-order valence-electron chi connectivity index (χ1n) is 4.49. The highest BCUT2D eigenvalue weighted by Gasteiger charge is 2.08. The summed E-state index contributed by atoms with van der Waals surface area (Å²) in [6.07, 6.45) is 0.725. The van der Waals surface area contributed by atoms with Gasteiger partial charge in [0.05, 0.1) is 5.02 Å². The van der Waals surface area contributed by atoms with Gasteiger partial charge in [-0.1, -0.05) is 18.5 Å². The molecule has 0 saturated heterocycles. The number of rotatable bonds is 4. The maximum absolute atomic E-state index is 12.7. The van der Waals surface area contributed by atoms with Crippen molar-refractivity contribution < 1.29 is 9.13 Å². The zero-order valence-electron chi connectivity index (χ0n) is 7.97. The van der Waals surface area contributed by atoms with E-state index in [-0.39, 0.29) is 16.9 Å². The van der Waals surface area contributed by atoms with E-state index in [2.05, 4.69) is 0 Å². The predicted octanol–water partition coefficient (Wildman–Crippen LogP) is 2.60. The fraction of sp³-hybridized carbons (Fsp3) is 0.400. The Kier molecular flexibility index (Phi) is 4.17. The van der Waals surface area contributed by atoms with Gasteiger partial charge in [-0.05, 0) is 24.6 Å². The van der Waals surface area contributed by atoms with Crippen LogP contribution in [-0.4, -0.2) is 12.6 Å². The van der Waals surface area contributed by atoms with E-state index in [9.17, 15) is 4.39 Å². The summed E-state index contributed by atoms with van der Waals surface area (Å²) in [6, 6.07) is 4.04. The lowest BCUT2D eigenvalue weighted by Crippen LogP contribution is -2.25. The summed E-state index contributed by atoms with van der Waals surface area (Å²) in [6.45, 7) is 2.39. The molecule has 0 bridgehead atoms. The smallest absolute Gasteiger partial charge is 0.138 e. The first-order valence-corrected chi connectivity index (χ1v) is 4.87. The average Bonchev–Trinajstić information content (AvgIpc) is 2.17. The number of nitrogens with two attached hydrogens (primary N) is 1. The SMILES string of the molecule is CCC(CN)Oc1ccc(F)cc1Cl. The maximum Gasteiger partial charge on any atom is 0.138 e. The summed E-state index contributed by atoms with van der Waals surface area (Å²) in [7, 11) is 0. The molecule has 0 spiro atoms. The minimum absolute atomic E-state index is 0.0713. The van der Waals surface area contributed by atoms with Gasteiger partial charge in [0.2, 0.25) is 0 Å². The molecule has 0 heterocycles. The van der Waals surface area contributed by atoms with E-state index < -0.39 is 0 Å². The van der Waals surface area contributed by atoms with Crippen LogP contribution in [0.3, 0.4) is 0 Å². The number of halogens is 2. The molecule has 1 aromatic rings. The minimum atomic E-state index is -0.372. The summed E-state index contributed by atoms with van der Waals surface area (Å²) in [5, 5.41) is 0.275. The molecule has 0 radical (unpaired) electrons. The molecule has 0 aliphatic heterocycles. The third kappa shape index (κ3) is 2.86. The van der Waals surface area contributed by atoms with Crippen LogP contribution in [0.5, 0.6) is 5.75 Å². The van der Waals surface area contributed by atoms with Crippen molar-refractivity contribution in [1.82, 2.24) is 0 Å². The number of hydrogen-bond acceptors (Lipinski definition) is 2. The summed E-state index contributed by atoms with van der Waals surface area (Å²) in [5.41, 5.74) is 5.47. The van der Waals surface area contributed by atoms with Crippen LogP contribution >= 0.6 is 11.6 Å². The Labute approximate surface area is 87.8 Å². The molecule has 2 nitrogen and oxygen atoms in total. The molecule has 78 valence electrons. The van der Waals surface area contributed by atoms with E-state index in [4.69, 9.17) is 22.1 Å². The van der Waals surface area contributed by atoms with Gasteiger partial charge >= 0.3 is 0 Å². The molecule has 2 N–H and O–H groups in total. The third-order valence-electron chi connectivity index (χ3n) is 1.91. The van der Waals surface area contributed by atoms with Crippen molar-refractivity contribution in [2.75, 3.05) is 6.54 Å². The minimum Gasteiger partial charge on any atom is -0.488 e. The van der Waals surface area contributed by atoms with E-state index in [1.807, 2.05) is 6.92 Å². The van der Waals surface area contributed by atoms with Gasteiger partial charge in [-0.15, -0.1) is 0 Å². The Balaban J connectivity index is 2.76. The fourth-order valence-corrected chi connectivity index (χ4v) is 1.26. The summed E-state index contributed by atoms with van der Waals surface area (Å²) in [4.78, 5) is 0. The zero-order valence-corrected chi connectivity index (χ0v) is 8.72. The van der Waals surface area contributed by atoms with Crippen LogP contribution in [0.2, 0.25) is 5.02 Å². The Morgan fingerprint density at radius 1 is 1.57 bits per heavy atom. The Morgan fingerprint density at radius 3 is 2.79 bits per heavy atom. The molecule has 0 amide bonds. The standard InChI is InChI=1S/C10H13ClFNO/c1-2-8(6-13)14-10-4-3-7(12)5-9(10)11/h3-5,8H,2,6,13H2,1H3. The van der Waals surface area contributed by atoms with Gasteiger partial charge in [-0.3, -0.25) is 0 Å². The van der Waals surface area contributed by atoms with Gasteiger partial charge in [0.25, 0.3) is 0 Å². The fourth-order valence-electron chi connectivity index (χ4n) is 1.05. The van der Waals surface area contributed by atoms with Gasteiger partial charge < -0.3 is 10.5 Å². The van der Waals surface area contributed by atoms with Crippen LogP contribution in [0.15, 0.2) is 18.2 Å². The van der Waals surface area contributed by atoms with E-state index >= 15 is 0 Å². The van der Waals surface area contributed by atoms with Crippen molar-refractivity contribution in [3.8, 4) is 5.75 Å². The normalized spacial score (nSPS) is 12.6. The Bertz CT molecular complexity index is 302. The summed E-state index contributed by atoms with van der Waals surface area (Å²) >= 11 is 5.78. The van der Waals surface area contributed by atoms with Crippen LogP contribution in [0.25, 0.3) is 0 Å². The second-order valence-electron chi connectivity index (χ2n) is 2.96. The van der Waals surface area contributed by atoms with Gasteiger partial charge in [-0.25, -0.2) is 4.39 Å². The zero-order chi connectivity index (χ0) is 10.6. The Morgan fingerprint density at radius 2 is 2.29 bits per heavy atom. The number of benzene rings is 1. The van der Waals surface area contributed by atoms with Crippen molar-refractivity contribution in [3.05, 3.63) is 29.0 Å². The molecule has 1 aromatic carbocycles. The molecule has 14 heavy (non-hydrogen) atoms. The molecule has 0 aliphatic carbocycles. The average molecular weight is 218 g/mol. The highest BCUT2D eigenvalue weighted by atomic mass is 35.5. The van der Waals surface area contributed by atoms with Crippen molar-refractivity contribution in [1.29, 1.82) is 0 Å². The highest BCUT2D eigenvalue weighted by molar-refractivity contribution is 6.32. The molecule has 0 fully saturated rings. The monoisotopic (exact) mass is 217 g/mol. The maximum atomic E-state index is 12.7. The van der Waals surface area contributed by atoms with Gasteiger partial charge in [-0.2, -0.15) is 0 Å². The van der Waals surface area contributed by atoms with Crippen LogP contribution < -0.4 is 10.5 Å². The second-order valence-corrected chi connectivity index (χ2v) is 3.37. The van der Waals surface area contributed by atoms with Crippen LogP contribution in [0, 0.1) is 5.82 Å². The predicted molar refractivity (Wildman–Crippen MR) is 55.2 cm³/mol. The molecule has 0 saturated carbocycles. The quantitative estimate of drug-likeness (QED) is 0.842. The molecule has 1 rings (SSSR count). The van der Waals surface area contributed by atoms with Gasteiger partial charge in [0.15, 0.2) is 0 Å².